The maximum absolute atomic E-state index is 12.3. The van der Waals surface area contributed by atoms with E-state index in [-0.39, 0.29) is 11.8 Å². The van der Waals surface area contributed by atoms with Gasteiger partial charge in [-0.25, -0.2) is 4.98 Å². The third-order valence-electron chi connectivity index (χ3n) is 3.67. The van der Waals surface area contributed by atoms with Gasteiger partial charge >= 0.3 is 11.8 Å². The van der Waals surface area contributed by atoms with Crippen LogP contribution in [-0.2, 0) is 12.8 Å². The van der Waals surface area contributed by atoms with Crippen molar-refractivity contribution in [3.05, 3.63) is 27.8 Å². The van der Waals surface area contributed by atoms with Crippen LogP contribution in [0.1, 0.15) is 40.6 Å². The molecule has 1 aliphatic rings. The van der Waals surface area contributed by atoms with Crippen LogP contribution in [0.15, 0.2) is 9.90 Å². The van der Waals surface area contributed by atoms with Gasteiger partial charge in [0.1, 0.15) is 0 Å². The van der Waals surface area contributed by atoms with Crippen LogP contribution in [-0.4, -0.2) is 39.0 Å². The van der Waals surface area contributed by atoms with E-state index in [4.69, 9.17) is 4.52 Å². The van der Waals surface area contributed by atoms with E-state index in [1.807, 2.05) is 13.8 Å². The van der Waals surface area contributed by atoms with Gasteiger partial charge in [0.2, 0.25) is 0 Å². The highest BCUT2D eigenvalue weighted by Crippen LogP contribution is 2.23. The van der Waals surface area contributed by atoms with Gasteiger partial charge in [0.15, 0.2) is 5.82 Å². The Balaban J connectivity index is 1.59. The predicted molar refractivity (Wildman–Crippen MR) is 78.2 cm³/mol. The van der Waals surface area contributed by atoms with Crippen LogP contribution in [0.2, 0.25) is 0 Å². The van der Waals surface area contributed by atoms with E-state index >= 15 is 0 Å². The van der Waals surface area contributed by atoms with E-state index in [0.717, 1.165) is 36.6 Å². The Morgan fingerprint density at radius 2 is 2.38 bits per heavy atom. The van der Waals surface area contributed by atoms with Gasteiger partial charge < -0.3 is 9.42 Å². The Bertz CT molecular complexity index is 636. The lowest BCUT2D eigenvalue weighted by Gasteiger charge is -2.13. The van der Waals surface area contributed by atoms with Gasteiger partial charge in [-0.1, -0.05) is 12.1 Å². The highest BCUT2D eigenvalue weighted by Gasteiger charge is 2.30. The summed E-state index contributed by atoms with van der Waals surface area (Å²) in [5.41, 5.74) is 1.07. The van der Waals surface area contributed by atoms with Gasteiger partial charge in [-0.05, 0) is 19.3 Å². The molecule has 0 radical (unpaired) electrons. The van der Waals surface area contributed by atoms with Crippen LogP contribution in [0.5, 0.6) is 0 Å². The first-order chi connectivity index (χ1) is 10.2. The zero-order valence-corrected chi connectivity index (χ0v) is 13.0. The fourth-order valence-corrected chi connectivity index (χ4v) is 3.43. The zero-order chi connectivity index (χ0) is 14.8. The summed E-state index contributed by atoms with van der Waals surface area (Å²) in [5, 5.41) is 6.99. The van der Waals surface area contributed by atoms with E-state index in [2.05, 4.69) is 20.5 Å². The molecule has 2 aromatic rings. The normalized spacial score (nSPS) is 18.4. The van der Waals surface area contributed by atoms with Gasteiger partial charge in [0.05, 0.1) is 5.01 Å². The molecule has 7 heteroatoms. The summed E-state index contributed by atoms with van der Waals surface area (Å²) in [6, 6.07) is 0. The lowest BCUT2D eigenvalue weighted by atomic mass is 10.1. The number of carbonyl (C=O) groups excluding carboxylic acids is 1. The molecule has 6 nitrogen and oxygen atoms in total. The molecule has 1 unspecified atom stereocenters. The summed E-state index contributed by atoms with van der Waals surface area (Å²) in [6.07, 6.45) is 2.61. The largest absolute Gasteiger partial charge is 0.334 e. The molecule has 3 heterocycles. The Kier molecular flexibility index (Phi) is 4.01. The second-order valence-electron chi connectivity index (χ2n) is 5.36. The Morgan fingerprint density at radius 3 is 3.05 bits per heavy atom. The third kappa shape index (κ3) is 3.12. The van der Waals surface area contributed by atoms with Crippen molar-refractivity contribution in [1.29, 1.82) is 0 Å². The average Bonchev–Trinajstić information content (AvgIpc) is 3.19. The Hall–Kier alpha value is -1.76. The molecule has 0 N–H and O–H groups in total. The molecule has 1 atom stereocenters. The number of nitrogens with zero attached hydrogens (tertiary/aromatic N) is 4. The first-order valence-electron chi connectivity index (χ1n) is 7.18. The Morgan fingerprint density at radius 1 is 1.52 bits per heavy atom. The standard InChI is InChI=1S/C14H18N4O2S/c1-3-11-16-13(20-17-11)14(19)18-5-4-10(7-18)6-12-15-9(2)8-21-12/h8,10H,3-7H2,1-2H3. The summed E-state index contributed by atoms with van der Waals surface area (Å²) < 4.78 is 5.02. The molecule has 0 aliphatic carbocycles. The molecule has 2 aromatic heterocycles. The second kappa shape index (κ2) is 5.93. The van der Waals surface area contributed by atoms with Crippen LogP contribution in [0.3, 0.4) is 0 Å². The number of aromatic nitrogens is 3. The predicted octanol–water partition coefficient (Wildman–Crippen LogP) is 2.10. The van der Waals surface area contributed by atoms with Crippen molar-refractivity contribution in [1.82, 2.24) is 20.0 Å². The number of hydrogen-bond acceptors (Lipinski definition) is 6. The second-order valence-corrected chi connectivity index (χ2v) is 6.30. The fourth-order valence-electron chi connectivity index (χ4n) is 2.55. The van der Waals surface area contributed by atoms with E-state index in [1.54, 1.807) is 16.2 Å². The van der Waals surface area contributed by atoms with Crippen LogP contribution in [0, 0.1) is 12.8 Å². The highest BCUT2D eigenvalue weighted by atomic mass is 32.1. The van der Waals surface area contributed by atoms with Crippen molar-refractivity contribution in [2.45, 2.75) is 33.1 Å². The molecule has 0 aromatic carbocycles. The molecule has 0 spiro atoms. The number of aryl methyl sites for hydroxylation is 2. The number of hydrogen-bond donors (Lipinski definition) is 0. The summed E-state index contributed by atoms with van der Waals surface area (Å²) in [7, 11) is 0. The molecule has 1 fully saturated rings. The van der Waals surface area contributed by atoms with E-state index < -0.39 is 0 Å². The van der Waals surface area contributed by atoms with Crippen molar-refractivity contribution < 1.29 is 9.32 Å². The van der Waals surface area contributed by atoms with Gasteiger partial charge in [0.25, 0.3) is 0 Å². The molecule has 1 saturated heterocycles. The minimum Gasteiger partial charge on any atom is -0.334 e. The molecule has 3 rings (SSSR count). The van der Waals surface area contributed by atoms with Crippen LogP contribution in [0.4, 0.5) is 0 Å². The number of amides is 1. The van der Waals surface area contributed by atoms with Gasteiger partial charge in [-0.15, -0.1) is 11.3 Å². The third-order valence-corrected chi connectivity index (χ3v) is 4.66. The molecule has 0 bridgehead atoms. The smallest absolute Gasteiger partial charge is 0.316 e. The zero-order valence-electron chi connectivity index (χ0n) is 12.2. The monoisotopic (exact) mass is 306 g/mol. The van der Waals surface area contributed by atoms with E-state index in [9.17, 15) is 4.79 Å². The number of rotatable bonds is 4. The van der Waals surface area contributed by atoms with Crippen LogP contribution >= 0.6 is 11.3 Å². The molecule has 1 amide bonds. The minimum atomic E-state index is -0.153. The molecule has 112 valence electrons. The fraction of sp³-hybridized carbons (Fsp3) is 0.571. The summed E-state index contributed by atoms with van der Waals surface area (Å²) in [6.45, 7) is 5.42. The van der Waals surface area contributed by atoms with Gasteiger partial charge in [-0.3, -0.25) is 4.79 Å². The van der Waals surface area contributed by atoms with Gasteiger partial charge in [0, 0.05) is 37.0 Å². The van der Waals surface area contributed by atoms with Crippen molar-refractivity contribution >= 4 is 17.2 Å². The topological polar surface area (TPSA) is 72.1 Å². The van der Waals surface area contributed by atoms with Crippen molar-refractivity contribution in [2.24, 2.45) is 5.92 Å². The molecule has 1 aliphatic heterocycles. The summed E-state index contributed by atoms with van der Waals surface area (Å²) in [5.74, 6) is 0.998. The van der Waals surface area contributed by atoms with Crippen molar-refractivity contribution in [3.8, 4) is 0 Å². The first-order valence-corrected chi connectivity index (χ1v) is 8.06. The maximum atomic E-state index is 12.3. The van der Waals surface area contributed by atoms with Crippen molar-refractivity contribution in [2.75, 3.05) is 13.1 Å². The first kappa shape index (κ1) is 14.2. The molecule has 21 heavy (non-hydrogen) atoms. The van der Waals surface area contributed by atoms with E-state index in [1.165, 1.54) is 0 Å². The minimum absolute atomic E-state index is 0.109. The quantitative estimate of drug-likeness (QED) is 0.865. The summed E-state index contributed by atoms with van der Waals surface area (Å²) >= 11 is 1.69. The van der Waals surface area contributed by atoms with E-state index in [0.29, 0.717) is 18.2 Å². The molecular formula is C14H18N4O2S. The number of carbonyl (C=O) groups is 1. The number of likely N-dealkylation sites (tertiary alicyclic amines) is 1. The van der Waals surface area contributed by atoms with Gasteiger partial charge in [-0.2, -0.15) is 4.98 Å². The molecule has 0 saturated carbocycles. The Labute approximate surface area is 127 Å². The van der Waals surface area contributed by atoms with Crippen LogP contribution < -0.4 is 0 Å². The molecular weight excluding hydrogens is 288 g/mol. The highest BCUT2D eigenvalue weighted by molar-refractivity contribution is 7.09. The maximum Gasteiger partial charge on any atom is 0.316 e. The SMILES string of the molecule is CCc1noc(C(=O)N2CCC(Cc3nc(C)cs3)C2)n1. The average molecular weight is 306 g/mol. The number of thiazole rings is 1. The lowest BCUT2D eigenvalue weighted by molar-refractivity contribution is 0.0737. The summed E-state index contributed by atoms with van der Waals surface area (Å²) in [4.78, 5) is 22.7. The van der Waals surface area contributed by atoms with Crippen molar-refractivity contribution in [3.63, 3.8) is 0 Å². The lowest BCUT2D eigenvalue weighted by Crippen LogP contribution is -2.29. The van der Waals surface area contributed by atoms with Crippen LogP contribution in [0.25, 0.3) is 0 Å².